The average Bonchev–Trinajstić information content (AvgIpc) is 3.40. The topological polar surface area (TPSA) is 106 Å². The summed E-state index contributed by atoms with van der Waals surface area (Å²) < 4.78 is 5.46. The van der Waals surface area contributed by atoms with E-state index in [1.807, 2.05) is 18.2 Å². The lowest BCUT2D eigenvalue weighted by atomic mass is 10.0. The molecular weight excluding hydrogens is 486 g/mol. The van der Waals surface area contributed by atoms with Crippen molar-refractivity contribution in [3.8, 4) is 16.5 Å². The molecule has 0 spiro atoms. The summed E-state index contributed by atoms with van der Waals surface area (Å²) in [5, 5.41) is 34.2. The maximum Gasteiger partial charge on any atom is 0.262 e. The first-order valence-corrected chi connectivity index (χ1v) is 13.4. The second-order valence-corrected chi connectivity index (χ2v) is 10.3. The number of fused-ring (bicyclic) bond motifs is 1. The van der Waals surface area contributed by atoms with Crippen LogP contribution < -0.4 is 10.2 Å². The highest BCUT2D eigenvalue weighted by atomic mass is 32.1. The molecule has 3 atom stereocenters. The zero-order chi connectivity index (χ0) is 26.5. The van der Waals surface area contributed by atoms with Crippen LogP contribution >= 0.6 is 11.3 Å². The number of hydrogen-bond acceptors (Lipinski definition) is 7. The highest BCUT2D eigenvalue weighted by Crippen LogP contribution is 2.35. The number of anilines is 1. The van der Waals surface area contributed by atoms with Crippen molar-refractivity contribution < 1.29 is 19.7 Å². The van der Waals surface area contributed by atoms with Gasteiger partial charge >= 0.3 is 0 Å². The van der Waals surface area contributed by atoms with E-state index in [-0.39, 0.29) is 25.1 Å². The quantitative estimate of drug-likeness (QED) is 0.302. The van der Waals surface area contributed by atoms with Gasteiger partial charge in [0.2, 0.25) is 0 Å². The van der Waals surface area contributed by atoms with Gasteiger partial charge in [-0.2, -0.15) is 5.26 Å². The zero-order valence-electron chi connectivity index (χ0n) is 21.4. The van der Waals surface area contributed by atoms with Crippen LogP contribution in [0.15, 0.2) is 54.1 Å². The highest BCUT2D eigenvalue weighted by Gasteiger charge is 2.28. The number of benzene rings is 2. The van der Waals surface area contributed by atoms with Crippen LogP contribution in [0, 0.1) is 11.3 Å². The molecular formula is C29H33N3O4S. The fraction of sp³-hybridized carbons (Fsp3) is 0.379. The molecule has 1 aromatic heterocycles. The molecule has 1 fully saturated rings. The molecule has 0 radical (unpaired) electrons. The van der Waals surface area contributed by atoms with Crippen LogP contribution in [-0.2, 0) is 9.53 Å². The Kier molecular flexibility index (Phi) is 8.62. The van der Waals surface area contributed by atoms with E-state index in [9.17, 15) is 20.3 Å². The van der Waals surface area contributed by atoms with Crippen molar-refractivity contribution in [1.29, 1.82) is 5.26 Å². The van der Waals surface area contributed by atoms with Crippen molar-refractivity contribution >= 4 is 39.3 Å². The molecule has 3 N–H and O–H groups in total. The van der Waals surface area contributed by atoms with Crippen LogP contribution in [0.1, 0.15) is 32.1 Å². The molecule has 3 unspecified atom stereocenters. The number of thiophene rings is 1. The number of ether oxygens (including phenoxy) is 1. The third-order valence-electron chi connectivity index (χ3n) is 6.87. The molecule has 1 amide bonds. The number of amides is 1. The number of carbonyl (C=O) groups excluding carboxylic acids is 1. The Hall–Kier alpha value is -3.22. The number of rotatable bonds is 8. The Morgan fingerprint density at radius 2 is 1.84 bits per heavy atom. The second-order valence-electron chi connectivity index (χ2n) is 9.23. The minimum absolute atomic E-state index is 0.0194. The number of nitriles is 1. The summed E-state index contributed by atoms with van der Waals surface area (Å²) in [5.74, 6) is -0.478. The predicted octanol–water partition coefficient (Wildman–Crippen LogP) is 4.34. The summed E-state index contributed by atoms with van der Waals surface area (Å²) in [6.07, 6.45) is -1.98. The Labute approximate surface area is 221 Å². The molecule has 2 aromatic carbocycles. The molecule has 1 aliphatic heterocycles. The molecule has 1 saturated heterocycles. The fourth-order valence-electron chi connectivity index (χ4n) is 4.57. The molecule has 37 heavy (non-hydrogen) atoms. The molecule has 0 saturated carbocycles. The highest BCUT2D eigenvalue weighted by molar-refractivity contribution is 7.16. The van der Waals surface area contributed by atoms with Crippen molar-refractivity contribution in [1.82, 2.24) is 5.32 Å². The Balaban J connectivity index is 1.49. The van der Waals surface area contributed by atoms with Gasteiger partial charge in [0.05, 0.1) is 18.8 Å². The van der Waals surface area contributed by atoms with Crippen molar-refractivity contribution in [2.45, 2.75) is 45.5 Å². The minimum Gasteiger partial charge on any atom is -0.390 e. The van der Waals surface area contributed by atoms with E-state index in [2.05, 4.69) is 60.5 Å². The lowest BCUT2D eigenvalue weighted by Gasteiger charge is -2.30. The summed E-state index contributed by atoms with van der Waals surface area (Å²) in [6, 6.07) is 18.9. The van der Waals surface area contributed by atoms with Gasteiger partial charge < -0.3 is 25.2 Å². The van der Waals surface area contributed by atoms with Crippen molar-refractivity contribution in [3.05, 3.63) is 59.0 Å². The maximum atomic E-state index is 12.8. The maximum absolute atomic E-state index is 12.8. The van der Waals surface area contributed by atoms with Gasteiger partial charge in [-0.15, -0.1) is 11.3 Å². The first-order valence-electron chi connectivity index (χ1n) is 12.6. The van der Waals surface area contributed by atoms with E-state index in [1.54, 1.807) is 18.3 Å². The van der Waals surface area contributed by atoms with Gasteiger partial charge in [-0.25, -0.2) is 0 Å². The van der Waals surface area contributed by atoms with E-state index in [0.29, 0.717) is 5.57 Å². The number of allylic oxidation sites excluding steroid dienone is 1. The Bertz CT molecular complexity index is 1340. The van der Waals surface area contributed by atoms with Crippen LogP contribution in [0.2, 0.25) is 0 Å². The molecule has 3 aromatic rings. The average molecular weight is 520 g/mol. The van der Waals surface area contributed by atoms with Gasteiger partial charge in [0.25, 0.3) is 5.91 Å². The number of nitrogens with zero attached hydrogens (tertiary/aromatic N) is 2. The van der Waals surface area contributed by atoms with Crippen molar-refractivity contribution in [3.63, 3.8) is 0 Å². The molecule has 7 nitrogen and oxygen atoms in total. The monoisotopic (exact) mass is 519 g/mol. The lowest BCUT2D eigenvalue weighted by molar-refractivity contribution is -0.126. The van der Waals surface area contributed by atoms with Crippen LogP contribution in [-0.4, -0.2) is 60.7 Å². The number of aliphatic hydroxyl groups excluding tert-OH is 2. The molecule has 0 bridgehead atoms. The van der Waals surface area contributed by atoms with Gasteiger partial charge in [-0.1, -0.05) is 18.2 Å². The third kappa shape index (κ3) is 6.03. The smallest absolute Gasteiger partial charge is 0.262 e. The van der Waals surface area contributed by atoms with E-state index in [0.717, 1.165) is 33.8 Å². The molecule has 4 rings (SSSR count). The van der Waals surface area contributed by atoms with Crippen molar-refractivity contribution in [2.75, 3.05) is 31.1 Å². The number of hydrogen-bond donors (Lipinski definition) is 3. The SMILES string of the molecule is CCN(CC)c1ccc2cc(-c3ccc(C(C)=C(C#N)C(=O)NCC4CC(O)C(O)CO4)s3)ccc2c1. The molecule has 8 heteroatoms. The first kappa shape index (κ1) is 26.8. The van der Waals surface area contributed by atoms with E-state index in [4.69, 9.17) is 4.74 Å². The number of carbonyl (C=O) groups is 1. The normalized spacial score (nSPS) is 20.3. The molecule has 1 aliphatic rings. The summed E-state index contributed by atoms with van der Waals surface area (Å²) >= 11 is 1.54. The lowest BCUT2D eigenvalue weighted by Crippen LogP contribution is -2.45. The number of nitrogens with one attached hydrogen (secondary N) is 1. The van der Waals surface area contributed by atoms with E-state index < -0.39 is 24.2 Å². The largest absolute Gasteiger partial charge is 0.390 e. The van der Waals surface area contributed by atoms with Gasteiger partial charge in [-0.3, -0.25) is 4.79 Å². The van der Waals surface area contributed by atoms with Crippen LogP contribution in [0.3, 0.4) is 0 Å². The third-order valence-corrected chi connectivity index (χ3v) is 8.12. The van der Waals surface area contributed by atoms with Gasteiger partial charge in [-0.05, 0) is 73.0 Å². The van der Waals surface area contributed by atoms with Crippen LogP contribution in [0.5, 0.6) is 0 Å². The standard InChI is InChI=1S/C29H33N3O4S/c1-4-32(5-2)22-9-8-19-12-21(7-6-20(19)13-22)28-11-10-27(37-28)18(3)24(15-30)29(35)31-16-23-14-25(33)26(34)17-36-23/h6-13,23,25-26,33-34H,4-5,14,16-17H2,1-3H3,(H,31,35). The van der Waals surface area contributed by atoms with Gasteiger partial charge in [0.1, 0.15) is 17.7 Å². The Morgan fingerprint density at radius 1 is 1.11 bits per heavy atom. The van der Waals surface area contributed by atoms with Crippen LogP contribution in [0.25, 0.3) is 26.8 Å². The predicted molar refractivity (Wildman–Crippen MR) is 148 cm³/mol. The molecule has 2 heterocycles. The Morgan fingerprint density at radius 3 is 2.54 bits per heavy atom. The summed E-state index contributed by atoms with van der Waals surface area (Å²) in [5.41, 5.74) is 2.97. The van der Waals surface area contributed by atoms with Crippen molar-refractivity contribution in [2.24, 2.45) is 0 Å². The zero-order valence-corrected chi connectivity index (χ0v) is 22.2. The van der Waals surface area contributed by atoms with E-state index in [1.165, 1.54) is 11.1 Å². The van der Waals surface area contributed by atoms with Crippen LogP contribution in [0.4, 0.5) is 5.69 Å². The first-order chi connectivity index (χ1) is 17.8. The second kappa shape index (κ2) is 11.9. The minimum atomic E-state index is -0.913. The summed E-state index contributed by atoms with van der Waals surface area (Å²) in [4.78, 5) is 17.0. The summed E-state index contributed by atoms with van der Waals surface area (Å²) in [6.45, 7) is 8.21. The van der Waals surface area contributed by atoms with Gasteiger partial charge in [0, 0.05) is 41.5 Å². The fourth-order valence-corrected chi connectivity index (χ4v) is 5.58. The number of aliphatic hydroxyl groups is 2. The van der Waals surface area contributed by atoms with E-state index >= 15 is 0 Å². The molecule has 194 valence electrons. The summed E-state index contributed by atoms with van der Waals surface area (Å²) in [7, 11) is 0. The molecule has 0 aliphatic carbocycles. The van der Waals surface area contributed by atoms with Gasteiger partial charge in [0.15, 0.2) is 0 Å².